The lowest BCUT2D eigenvalue weighted by atomic mass is 10.1. The third-order valence-electron chi connectivity index (χ3n) is 5.24. The molecule has 1 saturated heterocycles. The van der Waals surface area contributed by atoms with Crippen molar-refractivity contribution in [2.75, 3.05) is 39.2 Å². The minimum atomic E-state index is -0.250. The van der Waals surface area contributed by atoms with Crippen molar-refractivity contribution in [1.82, 2.24) is 14.8 Å². The van der Waals surface area contributed by atoms with Gasteiger partial charge in [-0.1, -0.05) is 30.7 Å². The number of pyridine rings is 1. The Morgan fingerprint density at radius 2 is 1.93 bits per heavy atom. The molecule has 6 nitrogen and oxygen atoms in total. The fourth-order valence-corrected chi connectivity index (χ4v) is 3.61. The fraction of sp³-hybridized carbons (Fsp3) is 0.455. The molecule has 1 unspecified atom stereocenters. The molecule has 1 aliphatic heterocycles. The number of urea groups is 1. The van der Waals surface area contributed by atoms with Gasteiger partial charge in [0.15, 0.2) is 0 Å². The second kappa shape index (κ2) is 10.2. The van der Waals surface area contributed by atoms with E-state index in [4.69, 9.17) is 4.74 Å². The van der Waals surface area contributed by atoms with Crippen LogP contribution in [-0.2, 0) is 11.3 Å². The monoisotopic (exact) mass is 382 g/mol. The van der Waals surface area contributed by atoms with Crippen LogP contribution in [0, 0.1) is 0 Å². The van der Waals surface area contributed by atoms with E-state index in [2.05, 4.69) is 21.3 Å². The number of anilines is 1. The van der Waals surface area contributed by atoms with Crippen LogP contribution in [0.5, 0.6) is 0 Å². The highest BCUT2D eigenvalue weighted by atomic mass is 16.5. The Kier molecular flexibility index (Phi) is 7.39. The van der Waals surface area contributed by atoms with E-state index < -0.39 is 0 Å². The van der Waals surface area contributed by atoms with E-state index in [1.54, 1.807) is 25.3 Å². The molecule has 0 saturated carbocycles. The average Bonchev–Trinajstić information content (AvgIpc) is 2.74. The summed E-state index contributed by atoms with van der Waals surface area (Å²) >= 11 is 0. The molecule has 1 aromatic heterocycles. The number of amides is 2. The Balaban J connectivity index is 1.71. The first-order chi connectivity index (χ1) is 13.7. The topological polar surface area (TPSA) is 57.7 Å². The molecule has 2 aromatic rings. The largest absolute Gasteiger partial charge is 0.382 e. The predicted molar refractivity (Wildman–Crippen MR) is 111 cm³/mol. The van der Waals surface area contributed by atoms with Crippen molar-refractivity contribution < 1.29 is 9.53 Å². The molecule has 2 heterocycles. The second-order valence-electron chi connectivity index (χ2n) is 7.26. The zero-order valence-electron chi connectivity index (χ0n) is 16.8. The molecule has 0 bridgehead atoms. The summed E-state index contributed by atoms with van der Waals surface area (Å²) < 4.78 is 5.34. The molecule has 0 radical (unpaired) electrons. The fourth-order valence-electron chi connectivity index (χ4n) is 3.61. The highest BCUT2D eigenvalue weighted by Crippen LogP contribution is 2.22. The number of piperidine rings is 1. The zero-order valence-corrected chi connectivity index (χ0v) is 16.8. The molecule has 1 aromatic carbocycles. The van der Waals surface area contributed by atoms with Crippen LogP contribution in [0.1, 0.15) is 36.6 Å². The molecular formula is C22H30N4O2. The normalized spacial score (nSPS) is 15.8. The summed E-state index contributed by atoms with van der Waals surface area (Å²) in [5, 5.41) is 3.09. The third kappa shape index (κ3) is 5.30. The Hall–Kier alpha value is -2.44. The van der Waals surface area contributed by atoms with E-state index in [0.29, 0.717) is 6.61 Å². The van der Waals surface area contributed by atoms with Gasteiger partial charge in [0.2, 0.25) is 0 Å². The summed E-state index contributed by atoms with van der Waals surface area (Å²) in [6, 6.07) is 13.3. The molecule has 1 fully saturated rings. The molecule has 3 rings (SSSR count). The maximum Gasteiger partial charge on any atom is 0.322 e. The Bertz CT molecular complexity index is 747. The molecule has 0 aliphatic carbocycles. The van der Waals surface area contributed by atoms with E-state index in [0.717, 1.165) is 36.6 Å². The summed E-state index contributed by atoms with van der Waals surface area (Å²) in [4.78, 5) is 21.5. The number of para-hydroxylation sites is 1. The van der Waals surface area contributed by atoms with Gasteiger partial charge in [0, 0.05) is 32.6 Å². The molecule has 2 amide bonds. The highest BCUT2D eigenvalue weighted by molar-refractivity contribution is 5.90. The smallest absolute Gasteiger partial charge is 0.322 e. The molecule has 1 aliphatic rings. The Morgan fingerprint density at radius 1 is 1.18 bits per heavy atom. The first-order valence-electron chi connectivity index (χ1n) is 9.93. The van der Waals surface area contributed by atoms with E-state index in [1.807, 2.05) is 36.4 Å². The number of nitrogens with zero attached hydrogens (tertiary/aromatic N) is 3. The van der Waals surface area contributed by atoms with Gasteiger partial charge in [0.05, 0.1) is 18.3 Å². The number of nitrogens with one attached hydrogen (secondary N) is 1. The quantitative estimate of drug-likeness (QED) is 0.789. The molecule has 150 valence electrons. The Labute approximate surface area is 167 Å². The average molecular weight is 383 g/mol. The van der Waals surface area contributed by atoms with Crippen molar-refractivity contribution in [3.63, 3.8) is 0 Å². The summed E-state index contributed by atoms with van der Waals surface area (Å²) in [6.07, 6.45) is 5.55. The van der Waals surface area contributed by atoms with Crippen molar-refractivity contribution in [2.45, 2.75) is 31.8 Å². The van der Waals surface area contributed by atoms with Crippen molar-refractivity contribution in [3.8, 4) is 0 Å². The maximum absolute atomic E-state index is 13.0. The highest BCUT2D eigenvalue weighted by Gasteiger charge is 2.23. The van der Waals surface area contributed by atoms with Crippen molar-refractivity contribution in [2.24, 2.45) is 0 Å². The first kappa shape index (κ1) is 20.3. The molecule has 0 spiro atoms. The molecule has 28 heavy (non-hydrogen) atoms. The number of likely N-dealkylation sites (N-methyl/N-ethyl adjacent to an activating group) is 1. The molecular weight excluding hydrogens is 352 g/mol. The molecule has 6 heteroatoms. The lowest BCUT2D eigenvalue weighted by Gasteiger charge is -2.29. The van der Waals surface area contributed by atoms with E-state index in [1.165, 1.54) is 19.3 Å². The van der Waals surface area contributed by atoms with E-state index in [-0.39, 0.29) is 12.1 Å². The van der Waals surface area contributed by atoms with Gasteiger partial charge in [-0.05, 0) is 49.7 Å². The molecule has 1 atom stereocenters. The predicted octanol–water partition coefficient (Wildman–Crippen LogP) is 3.92. The SMILES string of the molecule is COCC(c1ccccn1)N(C)C(=O)Nc1ccccc1CN1CCCCC1. The number of methoxy groups -OCH3 is 1. The lowest BCUT2D eigenvalue weighted by molar-refractivity contribution is 0.119. The first-order valence-corrected chi connectivity index (χ1v) is 9.93. The van der Waals surface area contributed by atoms with Crippen LogP contribution >= 0.6 is 0 Å². The zero-order chi connectivity index (χ0) is 19.8. The number of rotatable bonds is 7. The maximum atomic E-state index is 13.0. The van der Waals surface area contributed by atoms with Gasteiger partial charge in [-0.3, -0.25) is 9.88 Å². The van der Waals surface area contributed by atoms with Crippen LogP contribution in [0.3, 0.4) is 0 Å². The van der Waals surface area contributed by atoms with Gasteiger partial charge in [0.1, 0.15) is 0 Å². The number of aromatic nitrogens is 1. The summed E-state index contributed by atoms with van der Waals surface area (Å²) in [5.41, 5.74) is 2.82. The number of likely N-dealkylation sites (tertiary alicyclic amines) is 1. The second-order valence-corrected chi connectivity index (χ2v) is 7.26. The number of hydrogen-bond donors (Lipinski definition) is 1. The number of carbonyl (C=O) groups excluding carboxylic acids is 1. The molecule has 1 N–H and O–H groups in total. The van der Waals surface area contributed by atoms with Gasteiger partial charge in [-0.15, -0.1) is 0 Å². The van der Waals surface area contributed by atoms with Crippen LogP contribution in [0.25, 0.3) is 0 Å². The van der Waals surface area contributed by atoms with Crippen LogP contribution in [0.2, 0.25) is 0 Å². The van der Waals surface area contributed by atoms with Crippen LogP contribution in [0.4, 0.5) is 10.5 Å². The summed E-state index contributed by atoms with van der Waals surface area (Å²) in [7, 11) is 3.41. The number of carbonyl (C=O) groups is 1. The van der Waals surface area contributed by atoms with E-state index >= 15 is 0 Å². The summed E-state index contributed by atoms with van der Waals surface area (Å²) in [6.45, 7) is 3.49. The number of benzene rings is 1. The summed E-state index contributed by atoms with van der Waals surface area (Å²) in [5.74, 6) is 0. The standard InChI is InChI=1S/C22H30N4O2/c1-25(21(17-28-2)20-12-6-7-13-23-20)22(27)24-19-11-5-4-10-18(19)16-26-14-8-3-9-15-26/h4-7,10-13,21H,3,8-9,14-17H2,1-2H3,(H,24,27). The van der Waals surface area contributed by atoms with Gasteiger partial charge in [-0.2, -0.15) is 0 Å². The van der Waals surface area contributed by atoms with Crippen LogP contribution in [-0.4, -0.2) is 54.7 Å². The number of ether oxygens (including phenoxy) is 1. The number of hydrogen-bond acceptors (Lipinski definition) is 4. The van der Waals surface area contributed by atoms with Crippen LogP contribution in [0.15, 0.2) is 48.7 Å². The van der Waals surface area contributed by atoms with Gasteiger partial charge in [-0.25, -0.2) is 4.79 Å². The van der Waals surface area contributed by atoms with Gasteiger partial charge < -0.3 is 15.0 Å². The van der Waals surface area contributed by atoms with E-state index in [9.17, 15) is 4.79 Å². The van der Waals surface area contributed by atoms with Crippen molar-refractivity contribution in [3.05, 3.63) is 59.9 Å². The minimum Gasteiger partial charge on any atom is -0.382 e. The van der Waals surface area contributed by atoms with Crippen molar-refractivity contribution in [1.29, 1.82) is 0 Å². The Morgan fingerprint density at radius 3 is 2.64 bits per heavy atom. The van der Waals surface area contributed by atoms with Crippen LogP contribution < -0.4 is 5.32 Å². The lowest BCUT2D eigenvalue weighted by Crippen LogP contribution is -2.37. The minimum absolute atomic E-state index is 0.168. The van der Waals surface area contributed by atoms with Gasteiger partial charge >= 0.3 is 6.03 Å². The third-order valence-corrected chi connectivity index (χ3v) is 5.24. The van der Waals surface area contributed by atoms with Crippen molar-refractivity contribution >= 4 is 11.7 Å². The van der Waals surface area contributed by atoms with Gasteiger partial charge in [0.25, 0.3) is 0 Å².